The van der Waals surface area contributed by atoms with Gasteiger partial charge in [0.25, 0.3) is 0 Å². The molecule has 5 heteroatoms. The number of hydrogen-bond acceptors (Lipinski definition) is 5. The van der Waals surface area contributed by atoms with Gasteiger partial charge in [-0.15, -0.1) is 0 Å². The van der Waals surface area contributed by atoms with Crippen molar-refractivity contribution in [1.29, 1.82) is 0 Å². The molecule has 0 aromatic carbocycles. The Hall–Kier alpha value is -1.10. The lowest BCUT2D eigenvalue weighted by Crippen LogP contribution is -2.28. The maximum absolute atomic E-state index is 12.1. The minimum atomic E-state index is -0.761. The molecule has 0 fully saturated rings. The molecule has 0 spiro atoms. The third kappa shape index (κ3) is 33.6. The summed E-state index contributed by atoms with van der Waals surface area (Å²) in [5.41, 5.74) is 0. The van der Waals surface area contributed by atoms with Gasteiger partial charge < -0.3 is 14.6 Å². The molecule has 5 nitrogen and oxygen atoms in total. The van der Waals surface area contributed by atoms with E-state index >= 15 is 0 Å². The predicted molar refractivity (Wildman–Crippen MR) is 182 cm³/mol. The molecular formula is C38H74O5. The molecule has 0 heterocycles. The lowest BCUT2D eigenvalue weighted by molar-refractivity contribution is -0.161. The zero-order valence-corrected chi connectivity index (χ0v) is 29.2. The highest BCUT2D eigenvalue weighted by Crippen LogP contribution is 2.16. The Balaban J connectivity index is 3.51. The van der Waals surface area contributed by atoms with Gasteiger partial charge in [-0.2, -0.15) is 0 Å². The summed E-state index contributed by atoms with van der Waals surface area (Å²) >= 11 is 0. The van der Waals surface area contributed by atoms with Crippen molar-refractivity contribution in [1.82, 2.24) is 0 Å². The fraction of sp³-hybridized carbons (Fsp3) is 0.947. The van der Waals surface area contributed by atoms with E-state index in [9.17, 15) is 14.7 Å². The molecule has 0 aromatic rings. The summed E-state index contributed by atoms with van der Waals surface area (Å²) in [5, 5.41) is 9.53. The first-order valence-electron chi connectivity index (χ1n) is 19.0. The van der Waals surface area contributed by atoms with Gasteiger partial charge in [-0.1, -0.05) is 181 Å². The molecular weight excluding hydrogens is 536 g/mol. The van der Waals surface area contributed by atoms with Crippen molar-refractivity contribution in [2.24, 2.45) is 5.92 Å². The third-order valence-electron chi connectivity index (χ3n) is 8.58. The quantitative estimate of drug-likeness (QED) is 0.0579. The highest BCUT2D eigenvalue weighted by Gasteiger charge is 2.16. The summed E-state index contributed by atoms with van der Waals surface area (Å²) in [6, 6.07) is 0. The van der Waals surface area contributed by atoms with Crippen LogP contribution in [0.4, 0.5) is 0 Å². The van der Waals surface area contributed by atoms with E-state index in [1.54, 1.807) is 0 Å². The van der Waals surface area contributed by atoms with Gasteiger partial charge in [-0.3, -0.25) is 9.59 Å². The Bertz CT molecular complexity index is 591. The summed E-state index contributed by atoms with van der Waals surface area (Å²) in [6.07, 6.45) is 34.4. The highest BCUT2D eigenvalue weighted by molar-refractivity contribution is 5.70. The van der Waals surface area contributed by atoms with E-state index < -0.39 is 6.10 Å². The van der Waals surface area contributed by atoms with E-state index in [0.29, 0.717) is 12.8 Å². The molecule has 0 saturated carbocycles. The Morgan fingerprint density at radius 2 is 0.860 bits per heavy atom. The average Bonchev–Trinajstić information content (AvgIpc) is 2.99. The molecule has 0 rings (SSSR count). The number of carbonyl (C=O) groups excluding carboxylic acids is 2. The van der Waals surface area contributed by atoms with Crippen LogP contribution in [0.2, 0.25) is 0 Å². The van der Waals surface area contributed by atoms with Crippen molar-refractivity contribution in [3.8, 4) is 0 Å². The lowest BCUT2D eigenvalue weighted by atomic mass is 10.0. The van der Waals surface area contributed by atoms with Crippen LogP contribution in [-0.4, -0.2) is 36.4 Å². The molecule has 256 valence electrons. The zero-order valence-electron chi connectivity index (χ0n) is 29.2. The van der Waals surface area contributed by atoms with E-state index in [2.05, 4.69) is 20.8 Å². The first kappa shape index (κ1) is 41.9. The first-order valence-corrected chi connectivity index (χ1v) is 19.0. The van der Waals surface area contributed by atoms with Gasteiger partial charge in [-0.25, -0.2) is 0 Å². The number of aliphatic hydroxyl groups excluding tert-OH is 1. The second kappa shape index (κ2) is 33.8. The van der Waals surface area contributed by atoms with Crippen LogP contribution >= 0.6 is 0 Å². The minimum absolute atomic E-state index is 0.0580. The fourth-order valence-electron chi connectivity index (χ4n) is 5.68. The molecule has 0 aliphatic rings. The molecule has 1 N–H and O–H groups in total. The number of rotatable bonds is 34. The summed E-state index contributed by atoms with van der Waals surface area (Å²) in [6.45, 7) is 6.50. The molecule has 1 atom stereocenters. The topological polar surface area (TPSA) is 72.8 Å². The molecule has 0 aromatic heterocycles. The van der Waals surface area contributed by atoms with Crippen LogP contribution in [0.25, 0.3) is 0 Å². The summed E-state index contributed by atoms with van der Waals surface area (Å²) < 4.78 is 10.6. The van der Waals surface area contributed by atoms with Crippen LogP contribution in [0.1, 0.15) is 207 Å². The van der Waals surface area contributed by atoms with Gasteiger partial charge in [0.1, 0.15) is 6.61 Å². The van der Waals surface area contributed by atoms with E-state index in [0.717, 1.165) is 38.0 Å². The zero-order chi connectivity index (χ0) is 31.6. The first-order chi connectivity index (χ1) is 21.0. The van der Waals surface area contributed by atoms with Crippen LogP contribution < -0.4 is 0 Å². The molecule has 43 heavy (non-hydrogen) atoms. The molecule has 0 aliphatic heterocycles. The second-order valence-electron chi connectivity index (χ2n) is 13.5. The third-order valence-corrected chi connectivity index (χ3v) is 8.58. The van der Waals surface area contributed by atoms with Gasteiger partial charge in [0, 0.05) is 12.8 Å². The summed E-state index contributed by atoms with van der Waals surface area (Å²) in [4.78, 5) is 24.2. The van der Waals surface area contributed by atoms with Gasteiger partial charge in [0.05, 0.1) is 6.61 Å². The van der Waals surface area contributed by atoms with Crippen LogP contribution in [-0.2, 0) is 19.1 Å². The highest BCUT2D eigenvalue weighted by atomic mass is 16.6. The van der Waals surface area contributed by atoms with Crippen molar-refractivity contribution in [3.63, 3.8) is 0 Å². The van der Waals surface area contributed by atoms with Crippen molar-refractivity contribution >= 4 is 11.9 Å². The number of ether oxygens (including phenoxy) is 2. The average molecular weight is 611 g/mol. The van der Waals surface area contributed by atoms with Gasteiger partial charge >= 0.3 is 11.9 Å². The largest absolute Gasteiger partial charge is 0.462 e. The van der Waals surface area contributed by atoms with Crippen LogP contribution in [0.15, 0.2) is 0 Å². The molecule has 0 unspecified atom stereocenters. The Morgan fingerprint density at radius 1 is 0.512 bits per heavy atom. The van der Waals surface area contributed by atoms with E-state index in [1.165, 1.54) is 141 Å². The normalized spacial score (nSPS) is 12.1. The second-order valence-corrected chi connectivity index (χ2v) is 13.5. The smallest absolute Gasteiger partial charge is 0.306 e. The van der Waals surface area contributed by atoms with Crippen LogP contribution in [0.3, 0.4) is 0 Å². The molecule has 0 amide bonds. The van der Waals surface area contributed by atoms with E-state index in [4.69, 9.17) is 9.47 Å². The van der Waals surface area contributed by atoms with Gasteiger partial charge in [0.2, 0.25) is 0 Å². The van der Waals surface area contributed by atoms with Crippen LogP contribution in [0, 0.1) is 5.92 Å². The van der Waals surface area contributed by atoms with Gasteiger partial charge in [0.15, 0.2) is 6.10 Å². The van der Waals surface area contributed by atoms with Crippen molar-refractivity contribution < 1.29 is 24.2 Å². The monoisotopic (exact) mass is 611 g/mol. The standard InChI is InChI=1S/C38H74O5/c1-4-5-6-7-8-9-10-11-12-17-20-23-26-29-32-38(41)43-36(33-39)34-42-37(40)31-28-25-22-19-16-14-13-15-18-21-24-27-30-35(2)3/h35-36,39H,4-34H2,1-3H3/t36-/m0/s1. The number of hydrogen-bond donors (Lipinski definition) is 1. The molecule has 0 saturated heterocycles. The van der Waals surface area contributed by atoms with Crippen molar-refractivity contribution in [2.75, 3.05) is 13.2 Å². The number of aliphatic hydroxyl groups is 1. The SMILES string of the molecule is CCCCCCCCCCCCCCCCC(=O)O[C@@H](CO)COC(=O)CCCCCCCCCCCCCCC(C)C. The Kier molecular flexibility index (Phi) is 32.9. The summed E-state index contributed by atoms with van der Waals surface area (Å²) in [7, 11) is 0. The van der Waals surface area contributed by atoms with E-state index in [1.807, 2.05) is 0 Å². The van der Waals surface area contributed by atoms with Crippen LogP contribution in [0.5, 0.6) is 0 Å². The molecule has 0 bridgehead atoms. The lowest BCUT2D eigenvalue weighted by Gasteiger charge is -2.15. The number of esters is 2. The Labute approximate surface area is 268 Å². The number of carbonyl (C=O) groups is 2. The maximum Gasteiger partial charge on any atom is 0.306 e. The van der Waals surface area contributed by atoms with Crippen molar-refractivity contribution in [3.05, 3.63) is 0 Å². The van der Waals surface area contributed by atoms with Crippen molar-refractivity contribution in [2.45, 2.75) is 213 Å². The molecule has 0 aliphatic carbocycles. The predicted octanol–water partition coefficient (Wildman–Crippen LogP) is 11.4. The molecule has 0 radical (unpaired) electrons. The number of unbranched alkanes of at least 4 members (excludes halogenated alkanes) is 24. The Morgan fingerprint density at radius 3 is 1.23 bits per heavy atom. The fourth-order valence-corrected chi connectivity index (χ4v) is 5.68. The summed E-state index contributed by atoms with van der Waals surface area (Å²) in [5.74, 6) is 0.264. The minimum Gasteiger partial charge on any atom is -0.462 e. The maximum atomic E-state index is 12.1. The van der Waals surface area contributed by atoms with E-state index in [-0.39, 0.29) is 25.2 Å². The van der Waals surface area contributed by atoms with Gasteiger partial charge in [-0.05, 0) is 18.8 Å².